The van der Waals surface area contributed by atoms with E-state index in [1.165, 1.54) is 7.11 Å². The molecule has 0 atom stereocenters. The van der Waals surface area contributed by atoms with E-state index in [1.807, 2.05) is 12.1 Å². The number of pyridine rings is 1. The molecule has 29 heavy (non-hydrogen) atoms. The number of hydrogen-bond acceptors (Lipinski definition) is 5. The van der Waals surface area contributed by atoms with Crippen LogP contribution in [0.3, 0.4) is 0 Å². The molecule has 4 aromatic rings. The fourth-order valence-electron chi connectivity index (χ4n) is 3.08. The fraction of sp³-hybridized carbons (Fsp3) is 0.0455. The highest BCUT2D eigenvalue weighted by molar-refractivity contribution is 9.10. The molecule has 0 aliphatic carbocycles. The van der Waals surface area contributed by atoms with Gasteiger partial charge in [-0.25, -0.2) is 9.78 Å². The summed E-state index contributed by atoms with van der Waals surface area (Å²) >= 11 is 9.77. The number of ether oxygens (including phenoxy) is 1. The average Bonchev–Trinajstić information content (AvgIpc) is 2.73. The summed E-state index contributed by atoms with van der Waals surface area (Å²) in [6.45, 7) is 0. The summed E-state index contributed by atoms with van der Waals surface area (Å²) in [5, 5.41) is 10.9. The predicted molar refractivity (Wildman–Crippen MR) is 115 cm³/mol. The van der Waals surface area contributed by atoms with E-state index in [0.717, 1.165) is 9.86 Å². The van der Waals surface area contributed by atoms with Crippen molar-refractivity contribution in [3.05, 3.63) is 80.1 Å². The Morgan fingerprint density at radius 2 is 1.90 bits per heavy atom. The number of halogens is 2. The largest absolute Gasteiger partial charge is 0.480 e. The van der Waals surface area contributed by atoms with E-state index >= 15 is 0 Å². The van der Waals surface area contributed by atoms with Gasteiger partial charge in [0.2, 0.25) is 5.88 Å². The van der Waals surface area contributed by atoms with Crippen LogP contribution in [-0.4, -0.2) is 12.1 Å². The second-order valence-corrected chi connectivity index (χ2v) is 7.48. The van der Waals surface area contributed by atoms with E-state index in [4.69, 9.17) is 20.8 Å². The number of fused-ring (bicyclic) bond motifs is 1. The molecule has 0 saturated carbocycles. The number of hydrogen-bond donors (Lipinski definition) is 0. The van der Waals surface area contributed by atoms with Crippen molar-refractivity contribution >= 4 is 38.5 Å². The van der Waals surface area contributed by atoms with Gasteiger partial charge in [0.1, 0.15) is 17.2 Å². The van der Waals surface area contributed by atoms with Crippen molar-refractivity contribution in [3.63, 3.8) is 0 Å². The second-order valence-electron chi connectivity index (χ2n) is 6.16. The van der Waals surface area contributed by atoms with Gasteiger partial charge in [-0.15, -0.1) is 0 Å². The number of methoxy groups -OCH3 is 1. The van der Waals surface area contributed by atoms with E-state index < -0.39 is 5.63 Å². The van der Waals surface area contributed by atoms with Gasteiger partial charge in [0.05, 0.1) is 18.4 Å². The van der Waals surface area contributed by atoms with Gasteiger partial charge in [0, 0.05) is 26.0 Å². The summed E-state index contributed by atoms with van der Waals surface area (Å²) in [7, 11) is 1.42. The molecule has 0 aliphatic heterocycles. The maximum absolute atomic E-state index is 12.6. The number of nitriles is 1. The third kappa shape index (κ3) is 3.51. The lowest BCUT2D eigenvalue weighted by molar-refractivity contribution is 0.397. The standard InChI is InChI=1S/C22H12BrClN2O3/c1-28-21-17(11-25)15(14-4-2-3-5-18(14)24)10-19(26-21)16-9-12-8-13(23)6-7-20(12)29-22(16)27/h2-10H,1H3. The second kappa shape index (κ2) is 7.70. The van der Waals surface area contributed by atoms with E-state index in [-0.39, 0.29) is 17.0 Å². The molecular formula is C22H12BrClN2O3. The summed E-state index contributed by atoms with van der Waals surface area (Å²) in [5.41, 5.74) is 1.91. The Morgan fingerprint density at radius 3 is 2.62 bits per heavy atom. The molecular weight excluding hydrogens is 456 g/mol. The summed E-state index contributed by atoms with van der Waals surface area (Å²) in [5.74, 6) is 0.105. The topological polar surface area (TPSA) is 76.1 Å². The molecule has 2 aromatic carbocycles. The zero-order valence-corrected chi connectivity index (χ0v) is 17.4. The van der Waals surface area contributed by atoms with Crippen LogP contribution in [-0.2, 0) is 0 Å². The normalized spacial score (nSPS) is 10.7. The molecule has 0 spiro atoms. The van der Waals surface area contributed by atoms with Crippen LogP contribution in [0.1, 0.15) is 5.56 Å². The van der Waals surface area contributed by atoms with Crippen LogP contribution in [0.4, 0.5) is 0 Å². The molecule has 2 aromatic heterocycles. The Bertz CT molecular complexity index is 1360. The summed E-state index contributed by atoms with van der Waals surface area (Å²) in [4.78, 5) is 17.0. The van der Waals surface area contributed by atoms with Crippen molar-refractivity contribution in [1.29, 1.82) is 5.26 Å². The minimum Gasteiger partial charge on any atom is -0.480 e. The number of nitrogens with zero attached hydrogens (tertiary/aromatic N) is 2. The van der Waals surface area contributed by atoms with Crippen molar-refractivity contribution < 1.29 is 9.15 Å². The van der Waals surface area contributed by atoms with E-state index in [0.29, 0.717) is 27.4 Å². The highest BCUT2D eigenvalue weighted by Crippen LogP contribution is 2.36. The van der Waals surface area contributed by atoms with Crippen LogP contribution in [0.5, 0.6) is 5.88 Å². The van der Waals surface area contributed by atoms with Crippen molar-refractivity contribution in [3.8, 4) is 34.3 Å². The lowest BCUT2D eigenvalue weighted by Gasteiger charge is -2.12. The third-order valence-corrected chi connectivity index (χ3v) is 5.25. The molecule has 0 aliphatic rings. The molecule has 2 heterocycles. The zero-order valence-electron chi connectivity index (χ0n) is 15.1. The van der Waals surface area contributed by atoms with Gasteiger partial charge in [-0.2, -0.15) is 5.26 Å². The molecule has 0 fully saturated rings. The van der Waals surface area contributed by atoms with Crippen molar-refractivity contribution in [2.75, 3.05) is 7.11 Å². The Morgan fingerprint density at radius 1 is 1.10 bits per heavy atom. The molecule has 4 rings (SSSR count). The molecule has 142 valence electrons. The van der Waals surface area contributed by atoms with Gasteiger partial charge in [-0.1, -0.05) is 45.7 Å². The van der Waals surface area contributed by atoms with Crippen LogP contribution < -0.4 is 10.4 Å². The van der Waals surface area contributed by atoms with Crippen LogP contribution in [0, 0.1) is 11.3 Å². The third-order valence-electron chi connectivity index (χ3n) is 4.43. The molecule has 0 radical (unpaired) electrons. The molecule has 0 unspecified atom stereocenters. The van der Waals surface area contributed by atoms with Gasteiger partial charge in [0.15, 0.2) is 0 Å². The van der Waals surface area contributed by atoms with Gasteiger partial charge in [0.25, 0.3) is 0 Å². The van der Waals surface area contributed by atoms with Crippen molar-refractivity contribution in [1.82, 2.24) is 4.98 Å². The summed E-state index contributed by atoms with van der Waals surface area (Å²) < 4.78 is 11.6. The predicted octanol–water partition coefficient (Wildman–Crippen LogP) is 5.82. The first-order chi connectivity index (χ1) is 14.0. The van der Waals surface area contributed by atoms with Gasteiger partial charge >= 0.3 is 5.63 Å². The van der Waals surface area contributed by atoms with Crippen LogP contribution >= 0.6 is 27.5 Å². The highest BCUT2D eigenvalue weighted by Gasteiger charge is 2.19. The average molecular weight is 468 g/mol. The summed E-state index contributed by atoms with van der Waals surface area (Å²) in [6, 6.07) is 18.0. The molecule has 0 N–H and O–H groups in total. The van der Waals surface area contributed by atoms with Gasteiger partial charge in [-0.05, 0) is 36.4 Å². The molecule has 0 bridgehead atoms. The SMILES string of the molecule is COc1nc(-c2cc3cc(Br)ccc3oc2=O)cc(-c2ccccc2Cl)c1C#N. The smallest absolute Gasteiger partial charge is 0.345 e. The van der Waals surface area contributed by atoms with E-state index in [1.54, 1.807) is 42.5 Å². The van der Waals surface area contributed by atoms with Gasteiger partial charge < -0.3 is 9.15 Å². The highest BCUT2D eigenvalue weighted by atomic mass is 79.9. The monoisotopic (exact) mass is 466 g/mol. The maximum Gasteiger partial charge on any atom is 0.345 e. The lowest BCUT2D eigenvalue weighted by atomic mass is 9.99. The maximum atomic E-state index is 12.6. The summed E-state index contributed by atoms with van der Waals surface area (Å²) in [6.07, 6.45) is 0. The van der Waals surface area contributed by atoms with Crippen LogP contribution in [0.15, 0.2) is 68.3 Å². The van der Waals surface area contributed by atoms with Crippen LogP contribution in [0.2, 0.25) is 5.02 Å². The van der Waals surface area contributed by atoms with E-state index in [2.05, 4.69) is 27.0 Å². The van der Waals surface area contributed by atoms with Crippen LogP contribution in [0.25, 0.3) is 33.4 Å². The Balaban J connectivity index is 2.03. The quantitative estimate of drug-likeness (QED) is 0.355. The fourth-order valence-corrected chi connectivity index (χ4v) is 3.70. The Kier molecular flexibility index (Phi) is 5.10. The van der Waals surface area contributed by atoms with E-state index in [9.17, 15) is 10.1 Å². The number of aromatic nitrogens is 1. The molecule has 0 saturated heterocycles. The van der Waals surface area contributed by atoms with Crippen molar-refractivity contribution in [2.45, 2.75) is 0 Å². The number of benzene rings is 2. The first-order valence-electron chi connectivity index (χ1n) is 8.49. The molecule has 5 nitrogen and oxygen atoms in total. The first kappa shape index (κ1) is 19.2. The lowest BCUT2D eigenvalue weighted by Crippen LogP contribution is -2.06. The van der Waals surface area contributed by atoms with Crippen molar-refractivity contribution in [2.24, 2.45) is 0 Å². The Labute approximate surface area is 179 Å². The Hall–Kier alpha value is -3.14. The minimum atomic E-state index is -0.538. The minimum absolute atomic E-state index is 0.105. The zero-order chi connectivity index (χ0) is 20.5. The van der Waals surface area contributed by atoms with Gasteiger partial charge in [-0.3, -0.25) is 0 Å². The molecule has 7 heteroatoms. The first-order valence-corrected chi connectivity index (χ1v) is 9.66. The number of rotatable bonds is 3. The molecule has 0 amide bonds.